The number of hydrogen-bond donors (Lipinski definition) is 3. The molecule has 94 valence electrons. The molecule has 1 aromatic rings. The van der Waals surface area contributed by atoms with E-state index in [-0.39, 0.29) is 12.2 Å². The van der Waals surface area contributed by atoms with Crippen LogP contribution < -0.4 is 5.32 Å². The lowest BCUT2D eigenvalue weighted by Crippen LogP contribution is -2.33. The molecule has 1 heterocycles. The summed E-state index contributed by atoms with van der Waals surface area (Å²) in [7, 11) is 0. The predicted molar refractivity (Wildman–Crippen MR) is 65.3 cm³/mol. The Hall–Kier alpha value is -1.62. The third kappa shape index (κ3) is 3.71. The van der Waals surface area contributed by atoms with Crippen molar-refractivity contribution < 1.29 is 15.0 Å². The van der Waals surface area contributed by atoms with E-state index >= 15 is 0 Å². The summed E-state index contributed by atoms with van der Waals surface area (Å²) in [5, 5.41) is 21.0. The number of anilines is 1. The first kappa shape index (κ1) is 13.4. The quantitative estimate of drug-likeness (QED) is 0.726. The number of carboxylic acids is 1. The van der Waals surface area contributed by atoms with E-state index in [1.165, 1.54) is 6.07 Å². The lowest BCUT2D eigenvalue weighted by molar-refractivity contribution is 0.0697. The fraction of sp³-hybridized carbons (Fsp3) is 0.500. The van der Waals surface area contributed by atoms with Gasteiger partial charge in [-0.1, -0.05) is 0 Å². The van der Waals surface area contributed by atoms with Crippen LogP contribution in [0.15, 0.2) is 12.1 Å². The average Bonchev–Trinajstić information content (AvgIpc) is 2.15. The molecule has 0 saturated heterocycles. The van der Waals surface area contributed by atoms with E-state index in [0.717, 1.165) is 5.69 Å². The summed E-state index contributed by atoms with van der Waals surface area (Å²) in [6.45, 7) is 5.61. The Balaban J connectivity index is 3.04. The molecule has 0 bridgehead atoms. The van der Waals surface area contributed by atoms with Gasteiger partial charge < -0.3 is 15.5 Å². The van der Waals surface area contributed by atoms with Crippen LogP contribution in [0.5, 0.6) is 0 Å². The smallest absolute Gasteiger partial charge is 0.339 e. The number of aromatic nitrogens is 1. The van der Waals surface area contributed by atoms with Gasteiger partial charge in [-0.15, -0.1) is 0 Å². The van der Waals surface area contributed by atoms with Gasteiger partial charge in [0.15, 0.2) is 0 Å². The topological polar surface area (TPSA) is 82.5 Å². The number of rotatable bonds is 5. The third-order valence-electron chi connectivity index (χ3n) is 2.46. The van der Waals surface area contributed by atoms with Crippen LogP contribution in [0.25, 0.3) is 0 Å². The number of pyridine rings is 1. The SMILES string of the molecule is Cc1ccc(C(=O)O)c(NC(C)(C)CCO)n1. The van der Waals surface area contributed by atoms with Gasteiger partial charge in [-0.3, -0.25) is 0 Å². The standard InChI is InChI=1S/C12H18N2O3/c1-8-4-5-9(11(16)17)10(13-8)14-12(2,3)6-7-15/h4-5,15H,6-7H2,1-3H3,(H,13,14)(H,16,17). The fourth-order valence-electron chi connectivity index (χ4n) is 1.49. The summed E-state index contributed by atoms with van der Waals surface area (Å²) in [4.78, 5) is 15.2. The van der Waals surface area contributed by atoms with Crippen LogP contribution in [0.1, 0.15) is 36.3 Å². The van der Waals surface area contributed by atoms with Crippen LogP contribution in [0, 0.1) is 6.92 Å². The lowest BCUT2D eigenvalue weighted by Gasteiger charge is -2.26. The van der Waals surface area contributed by atoms with Gasteiger partial charge in [0.25, 0.3) is 0 Å². The van der Waals surface area contributed by atoms with E-state index in [1.54, 1.807) is 13.0 Å². The zero-order valence-corrected chi connectivity index (χ0v) is 10.3. The molecule has 0 atom stereocenters. The van der Waals surface area contributed by atoms with Crippen molar-refractivity contribution in [1.29, 1.82) is 0 Å². The molecule has 5 heteroatoms. The normalized spacial score (nSPS) is 11.3. The Morgan fingerprint density at radius 3 is 2.65 bits per heavy atom. The highest BCUT2D eigenvalue weighted by Gasteiger charge is 2.21. The van der Waals surface area contributed by atoms with E-state index < -0.39 is 11.5 Å². The molecule has 0 aliphatic carbocycles. The van der Waals surface area contributed by atoms with E-state index in [9.17, 15) is 4.79 Å². The van der Waals surface area contributed by atoms with Gasteiger partial charge in [0.05, 0.1) is 0 Å². The summed E-state index contributed by atoms with van der Waals surface area (Å²) >= 11 is 0. The molecule has 0 amide bonds. The minimum atomic E-state index is -1.01. The van der Waals surface area contributed by atoms with Crippen molar-refractivity contribution in [3.8, 4) is 0 Å². The summed E-state index contributed by atoms with van der Waals surface area (Å²) in [6, 6.07) is 3.19. The number of nitrogens with zero attached hydrogens (tertiary/aromatic N) is 1. The second-order valence-electron chi connectivity index (χ2n) is 4.64. The number of aliphatic hydroxyl groups excluding tert-OH is 1. The largest absolute Gasteiger partial charge is 0.478 e. The average molecular weight is 238 g/mol. The van der Waals surface area contributed by atoms with Crippen molar-refractivity contribution in [3.63, 3.8) is 0 Å². The molecule has 0 radical (unpaired) electrons. The molecular weight excluding hydrogens is 220 g/mol. The molecule has 0 aromatic carbocycles. The van der Waals surface area contributed by atoms with Gasteiger partial charge in [0.1, 0.15) is 11.4 Å². The van der Waals surface area contributed by atoms with Crippen LogP contribution in [0.3, 0.4) is 0 Å². The van der Waals surface area contributed by atoms with Crippen molar-refractivity contribution in [2.75, 3.05) is 11.9 Å². The lowest BCUT2D eigenvalue weighted by atomic mass is 10.0. The summed E-state index contributed by atoms with van der Waals surface area (Å²) < 4.78 is 0. The Morgan fingerprint density at radius 1 is 1.47 bits per heavy atom. The fourth-order valence-corrected chi connectivity index (χ4v) is 1.49. The first-order chi connectivity index (χ1) is 7.85. The monoisotopic (exact) mass is 238 g/mol. The molecule has 0 saturated carbocycles. The van der Waals surface area contributed by atoms with Crippen molar-refractivity contribution in [2.45, 2.75) is 32.7 Å². The zero-order chi connectivity index (χ0) is 13.1. The molecule has 3 N–H and O–H groups in total. The van der Waals surface area contributed by atoms with Gasteiger partial charge in [0.2, 0.25) is 0 Å². The number of carbonyl (C=O) groups is 1. The van der Waals surface area contributed by atoms with Gasteiger partial charge >= 0.3 is 5.97 Å². The number of aliphatic hydroxyl groups is 1. The van der Waals surface area contributed by atoms with Crippen molar-refractivity contribution in [2.24, 2.45) is 0 Å². The number of aromatic carboxylic acids is 1. The van der Waals surface area contributed by atoms with Crippen molar-refractivity contribution in [1.82, 2.24) is 4.98 Å². The molecule has 0 fully saturated rings. The molecule has 5 nitrogen and oxygen atoms in total. The molecule has 1 aromatic heterocycles. The van der Waals surface area contributed by atoms with Crippen molar-refractivity contribution in [3.05, 3.63) is 23.4 Å². The van der Waals surface area contributed by atoms with Crippen molar-refractivity contribution >= 4 is 11.8 Å². The van der Waals surface area contributed by atoms with E-state index in [2.05, 4.69) is 10.3 Å². The van der Waals surface area contributed by atoms with Crippen LogP contribution >= 0.6 is 0 Å². The van der Waals surface area contributed by atoms with Crippen LogP contribution in [0.4, 0.5) is 5.82 Å². The Labute approximate surface area is 101 Å². The van der Waals surface area contributed by atoms with E-state index in [0.29, 0.717) is 12.2 Å². The zero-order valence-electron chi connectivity index (χ0n) is 10.3. The van der Waals surface area contributed by atoms with Crippen LogP contribution in [-0.2, 0) is 0 Å². The first-order valence-corrected chi connectivity index (χ1v) is 5.46. The summed E-state index contributed by atoms with van der Waals surface area (Å²) in [5.74, 6) is -0.671. The number of aryl methyl sites for hydroxylation is 1. The minimum absolute atomic E-state index is 0.0359. The van der Waals surface area contributed by atoms with Gasteiger partial charge in [-0.2, -0.15) is 0 Å². The Bertz CT molecular complexity index is 416. The summed E-state index contributed by atoms with van der Waals surface area (Å²) in [5.41, 5.74) is 0.485. The first-order valence-electron chi connectivity index (χ1n) is 5.46. The highest BCUT2D eigenvalue weighted by molar-refractivity contribution is 5.93. The van der Waals surface area contributed by atoms with Gasteiger partial charge in [-0.05, 0) is 39.3 Å². The van der Waals surface area contributed by atoms with Gasteiger partial charge in [-0.25, -0.2) is 9.78 Å². The number of hydrogen-bond acceptors (Lipinski definition) is 4. The highest BCUT2D eigenvalue weighted by atomic mass is 16.4. The molecule has 0 aliphatic heterocycles. The Morgan fingerprint density at radius 2 is 2.12 bits per heavy atom. The van der Waals surface area contributed by atoms with Crippen LogP contribution in [-0.4, -0.2) is 33.3 Å². The van der Waals surface area contributed by atoms with E-state index in [1.807, 2.05) is 13.8 Å². The molecule has 0 unspecified atom stereocenters. The van der Waals surface area contributed by atoms with E-state index in [4.69, 9.17) is 10.2 Å². The molecule has 0 spiro atoms. The third-order valence-corrected chi connectivity index (χ3v) is 2.46. The highest BCUT2D eigenvalue weighted by Crippen LogP contribution is 2.20. The van der Waals surface area contributed by atoms with Crippen LogP contribution in [0.2, 0.25) is 0 Å². The second kappa shape index (κ2) is 5.14. The molecule has 1 rings (SSSR count). The number of carboxylic acid groups (broad SMARTS) is 1. The maximum atomic E-state index is 11.0. The minimum Gasteiger partial charge on any atom is -0.478 e. The number of nitrogens with one attached hydrogen (secondary N) is 1. The maximum Gasteiger partial charge on any atom is 0.339 e. The summed E-state index contributed by atoms with van der Waals surface area (Å²) in [6.07, 6.45) is 0.516. The Kier molecular flexibility index (Phi) is 4.07. The second-order valence-corrected chi connectivity index (χ2v) is 4.64. The predicted octanol–water partition coefficient (Wildman–Crippen LogP) is 1.66. The van der Waals surface area contributed by atoms with Gasteiger partial charge in [0, 0.05) is 17.8 Å². The molecular formula is C12H18N2O3. The molecule has 17 heavy (non-hydrogen) atoms. The maximum absolute atomic E-state index is 11.0. The molecule has 0 aliphatic rings.